The molecule has 0 atom stereocenters. The number of hydrogen-bond acceptors (Lipinski definition) is 3. The van der Waals surface area contributed by atoms with Crippen molar-refractivity contribution in [3.8, 4) is 0 Å². The first-order valence-electron chi connectivity index (χ1n) is 7.66. The third kappa shape index (κ3) is 3.19. The van der Waals surface area contributed by atoms with E-state index in [4.69, 9.17) is 0 Å². The van der Waals surface area contributed by atoms with Gasteiger partial charge < -0.3 is 14.8 Å². The minimum atomic E-state index is 1.12. The van der Waals surface area contributed by atoms with Gasteiger partial charge in [0, 0.05) is 33.2 Å². The van der Waals surface area contributed by atoms with Crippen molar-refractivity contribution in [2.75, 3.05) is 32.7 Å². The van der Waals surface area contributed by atoms with Crippen molar-refractivity contribution in [3.05, 3.63) is 30.1 Å². The maximum atomic E-state index is 4.43. The molecule has 0 bridgehead atoms. The Labute approximate surface area is 120 Å². The van der Waals surface area contributed by atoms with Crippen molar-refractivity contribution >= 4 is 11.0 Å². The van der Waals surface area contributed by atoms with Crippen LogP contribution in [0, 0.1) is 0 Å². The van der Waals surface area contributed by atoms with Crippen LogP contribution in [0.5, 0.6) is 0 Å². The molecule has 0 radical (unpaired) electrons. The molecule has 0 saturated carbocycles. The number of rotatable bonds is 5. The van der Waals surface area contributed by atoms with Crippen LogP contribution in [0.1, 0.15) is 18.4 Å². The van der Waals surface area contributed by atoms with Crippen molar-refractivity contribution in [2.45, 2.75) is 19.3 Å². The Balaban J connectivity index is 1.47. The summed E-state index contributed by atoms with van der Waals surface area (Å²) in [6.07, 6.45) is 5.61. The predicted molar refractivity (Wildman–Crippen MR) is 83.0 cm³/mol. The molecule has 1 aliphatic heterocycles. The molecule has 1 aromatic heterocycles. The molecule has 1 aromatic carbocycles. The summed E-state index contributed by atoms with van der Waals surface area (Å²) in [5, 5.41) is 3.40. The highest BCUT2D eigenvalue weighted by Crippen LogP contribution is 2.15. The fourth-order valence-electron chi connectivity index (χ4n) is 2.94. The van der Waals surface area contributed by atoms with Crippen LogP contribution in [0.15, 0.2) is 24.5 Å². The molecular weight excluding hydrogens is 248 g/mol. The minimum absolute atomic E-state index is 1.12. The zero-order valence-corrected chi connectivity index (χ0v) is 12.3. The second kappa shape index (κ2) is 6.37. The summed E-state index contributed by atoms with van der Waals surface area (Å²) in [4.78, 5) is 7.00. The highest BCUT2D eigenvalue weighted by molar-refractivity contribution is 5.75. The predicted octanol–water partition coefficient (Wildman–Crippen LogP) is 1.80. The Morgan fingerprint density at radius 3 is 2.90 bits per heavy atom. The van der Waals surface area contributed by atoms with Crippen molar-refractivity contribution < 1.29 is 0 Å². The van der Waals surface area contributed by atoms with Crippen LogP contribution in [0.3, 0.4) is 0 Å². The number of hydrogen-bond donors (Lipinski definition) is 1. The van der Waals surface area contributed by atoms with Crippen LogP contribution >= 0.6 is 0 Å². The van der Waals surface area contributed by atoms with Gasteiger partial charge in [-0.05, 0) is 43.5 Å². The maximum Gasteiger partial charge on any atom is 0.0955 e. The van der Waals surface area contributed by atoms with Gasteiger partial charge in [0.2, 0.25) is 0 Å². The van der Waals surface area contributed by atoms with Crippen LogP contribution in [0.4, 0.5) is 0 Å². The minimum Gasteiger partial charge on any atom is -0.334 e. The number of fused-ring (bicyclic) bond motifs is 1. The number of unbranched alkanes of at least 4 members (excludes halogenated alkanes) is 1. The summed E-state index contributed by atoms with van der Waals surface area (Å²) in [5.74, 6) is 0. The summed E-state index contributed by atoms with van der Waals surface area (Å²) in [6.45, 7) is 5.96. The van der Waals surface area contributed by atoms with Crippen LogP contribution in [0.2, 0.25) is 0 Å². The van der Waals surface area contributed by atoms with Gasteiger partial charge in [0.15, 0.2) is 0 Å². The third-order valence-corrected chi connectivity index (χ3v) is 4.19. The van der Waals surface area contributed by atoms with Crippen LogP contribution < -0.4 is 5.32 Å². The molecule has 3 rings (SSSR count). The molecule has 108 valence electrons. The Morgan fingerprint density at radius 1 is 1.20 bits per heavy atom. The van der Waals surface area contributed by atoms with Gasteiger partial charge >= 0.3 is 0 Å². The smallest absolute Gasteiger partial charge is 0.0955 e. The summed E-state index contributed by atoms with van der Waals surface area (Å²) in [5.41, 5.74) is 3.75. The summed E-state index contributed by atoms with van der Waals surface area (Å²) in [7, 11) is 2.04. The van der Waals surface area contributed by atoms with Crippen LogP contribution in [-0.4, -0.2) is 47.2 Å². The molecule has 1 N–H and O–H groups in total. The number of imidazole rings is 1. The van der Waals surface area contributed by atoms with Gasteiger partial charge in [-0.1, -0.05) is 6.07 Å². The number of piperazine rings is 1. The lowest BCUT2D eigenvalue weighted by Crippen LogP contribution is -2.43. The Morgan fingerprint density at radius 2 is 2.05 bits per heavy atom. The standard InChI is InChI=1S/C16H24N4/c1-19-13-18-15-12-14(5-6-16(15)19)4-2-3-9-20-10-7-17-8-11-20/h5-6,12-13,17H,2-4,7-11H2,1H3. The van der Waals surface area contributed by atoms with Gasteiger partial charge in [-0.3, -0.25) is 0 Å². The van der Waals surface area contributed by atoms with E-state index in [0.717, 1.165) is 18.6 Å². The molecule has 1 aliphatic rings. The molecule has 0 unspecified atom stereocenters. The van der Waals surface area contributed by atoms with Gasteiger partial charge in [-0.15, -0.1) is 0 Å². The van der Waals surface area contributed by atoms with E-state index in [1.165, 1.54) is 50.0 Å². The Bertz CT molecular complexity index is 555. The van der Waals surface area contributed by atoms with E-state index in [1.54, 1.807) is 0 Å². The number of aryl methyl sites for hydroxylation is 2. The fourth-order valence-corrected chi connectivity index (χ4v) is 2.94. The van der Waals surface area contributed by atoms with Gasteiger partial charge in [0.25, 0.3) is 0 Å². The molecule has 4 heteroatoms. The van der Waals surface area contributed by atoms with E-state index >= 15 is 0 Å². The zero-order chi connectivity index (χ0) is 13.8. The quantitative estimate of drug-likeness (QED) is 0.843. The second-order valence-electron chi connectivity index (χ2n) is 5.73. The molecule has 1 fully saturated rings. The number of nitrogens with zero attached hydrogens (tertiary/aromatic N) is 3. The van der Waals surface area contributed by atoms with Gasteiger partial charge in [-0.25, -0.2) is 4.98 Å². The molecule has 1 saturated heterocycles. The normalized spacial score (nSPS) is 16.9. The molecule has 2 aromatic rings. The van der Waals surface area contributed by atoms with E-state index in [9.17, 15) is 0 Å². The first-order valence-corrected chi connectivity index (χ1v) is 7.66. The molecule has 2 heterocycles. The molecule has 0 amide bonds. The lowest BCUT2D eigenvalue weighted by atomic mass is 10.1. The molecular formula is C16H24N4. The molecule has 0 aliphatic carbocycles. The molecule has 20 heavy (non-hydrogen) atoms. The number of aromatic nitrogens is 2. The van der Waals surface area contributed by atoms with Gasteiger partial charge in [0.1, 0.15) is 0 Å². The van der Waals surface area contributed by atoms with E-state index < -0.39 is 0 Å². The van der Waals surface area contributed by atoms with Crippen LogP contribution in [0.25, 0.3) is 11.0 Å². The highest BCUT2D eigenvalue weighted by atomic mass is 15.2. The third-order valence-electron chi connectivity index (χ3n) is 4.19. The first kappa shape index (κ1) is 13.6. The van der Waals surface area contributed by atoms with Crippen molar-refractivity contribution in [3.63, 3.8) is 0 Å². The SMILES string of the molecule is Cn1cnc2cc(CCCCN3CCNCC3)ccc21. The summed E-state index contributed by atoms with van der Waals surface area (Å²) in [6, 6.07) is 6.67. The molecule has 4 nitrogen and oxygen atoms in total. The second-order valence-corrected chi connectivity index (χ2v) is 5.73. The van der Waals surface area contributed by atoms with E-state index in [1.807, 2.05) is 13.4 Å². The fraction of sp³-hybridized carbons (Fsp3) is 0.562. The van der Waals surface area contributed by atoms with Crippen molar-refractivity contribution in [2.24, 2.45) is 7.05 Å². The number of nitrogens with one attached hydrogen (secondary N) is 1. The summed E-state index contributed by atoms with van der Waals surface area (Å²) >= 11 is 0. The van der Waals surface area contributed by atoms with E-state index in [2.05, 4.69) is 38.0 Å². The van der Waals surface area contributed by atoms with Gasteiger partial charge in [0.05, 0.1) is 17.4 Å². The van der Waals surface area contributed by atoms with Gasteiger partial charge in [-0.2, -0.15) is 0 Å². The monoisotopic (exact) mass is 272 g/mol. The van der Waals surface area contributed by atoms with E-state index in [0.29, 0.717) is 0 Å². The van der Waals surface area contributed by atoms with Crippen molar-refractivity contribution in [1.29, 1.82) is 0 Å². The Hall–Kier alpha value is -1.39. The average Bonchev–Trinajstić information content (AvgIpc) is 2.86. The first-order chi connectivity index (χ1) is 9.83. The Kier molecular flexibility index (Phi) is 4.33. The number of benzene rings is 1. The topological polar surface area (TPSA) is 33.1 Å². The van der Waals surface area contributed by atoms with Crippen LogP contribution in [-0.2, 0) is 13.5 Å². The van der Waals surface area contributed by atoms with Crippen molar-refractivity contribution in [1.82, 2.24) is 19.8 Å². The average molecular weight is 272 g/mol. The van der Waals surface area contributed by atoms with E-state index in [-0.39, 0.29) is 0 Å². The largest absolute Gasteiger partial charge is 0.334 e. The zero-order valence-electron chi connectivity index (χ0n) is 12.3. The maximum absolute atomic E-state index is 4.43. The summed E-state index contributed by atoms with van der Waals surface area (Å²) < 4.78 is 2.07. The lowest BCUT2D eigenvalue weighted by Gasteiger charge is -2.27. The lowest BCUT2D eigenvalue weighted by molar-refractivity contribution is 0.237. The highest BCUT2D eigenvalue weighted by Gasteiger charge is 2.08. The molecule has 0 spiro atoms.